The van der Waals surface area contributed by atoms with E-state index in [4.69, 9.17) is 10.5 Å². The van der Waals surface area contributed by atoms with Crippen LogP contribution in [0.15, 0.2) is 59.5 Å². The number of hydrogen-bond donors (Lipinski definition) is 1. The first-order chi connectivity index (χ1) is 24.1. The molecular weight excluding hydrogens is 725 g/mol. The van der Waals surface area contributed by atoms with Gasteiger partial charge in [-0.1, -0.05) is 33.8 Å². The molecule has 3 aromatic carbocycles. The molecule has 0 aliphatic heterocycles. The van der Waals surface area contributed by atoms with Crippen LogP contribution in [0.4, 0.5) is 45.2 Å². The summed E-state index contributed by atoms with van der Waals surface area (Å²) in [6, 6.07) is 10.6. The Kier molecular flexibility index (Phi) is 18.8. The lowest BCUT2D eigenvalue weighted by molar-refractivity contribution is -0.151. The van der Waals surface area contributed by atoms with Gasteiger partial charge in [-0.2, -0.15) is 39.5 Å². The summed E-state index contributed by atoms with van der Waals surface area (Å²) in [5.41, 5.74) is 4.85. The zero-order valence-electron chi connectivity index (χ0n) is 29.7. The van der Waals surface area contributed by atoms with Gasteiger partial charge in [0.25, 0.3) is 0 Å². The summed E-state index contributed by atoms with van der Waals surface area (Å²) in [7, 11) is 1.68. The standard InChI is InChI=1S/C19H20F3NOS.C15H16F6O2.C3H8O/c1-2-13-11-14(19(20,21)22)5-7-16(13)17-12-15(6-8-18(17)23)25-10-4-3-9-24;1-4-12(22)23-13(8(2)3)9-5-10(14(16,17)18)7-11(6-9)15(19,20)21;1-3-4-2/h5-9,11-12H,2-4,10,23H2,1H3;5-8,13H,4H2,1-3H3;3H2,1-2H3. The Morgan fingerprint density at radius 3 is 1.81 bits per heavy atom. The number of nitrogens with two attached hydrogens (primary N) is 1. The van der Waals surface area contributed by atoms with E-state index >= 15 is 0 Å². The number of rotatable bonds is 12. The highest BCUT2D eigenvalue weighted by atomic mass is 32.2. The Morgan fingerprint density at radius 1 is 0.808 bits per heavy atom. The molecule has 15 heteroatoms. The fourth-order valence-electron chi connectivity index (χ4n) is 4.50. The average Bonchev–Trinajstić information content (AvgIpc) is 3.08. The molecule has 0 bridgehead atoms. The van der Waals surface area contributed by atoms with Crippen molar-refractivity contribution in [3.8, 4) is 11.1 Å². The second-order valence-corrected chi connectivity index (χ2v) is 12.7. The predicted molar refractivity (Wildman–Crippen MR) is 185 cm³/mol. The third-order valence-electron chi connectivity index (χ3n) is 7.24. The molecule has 1 unspecified atom stereocenters. The van der Waals surface area contributed by atoms with Gasteiger partial charge in [0.15, 0.2) is 0 Å². The molecule has 290 valence electrons. The molecule has 3 aromatic rings. The summed E-state index contributed by atoms with van der Waals surface area (Å²) in [6.45, 7) is 9.17. The minimum Gasteiger partial charge on any atom is -0.457 e. The van der Waals surface area contributed by atoms with E-state index in [0.29, 0.717) is 36.2 Å². The number of halogens is 9. The smallest absolute Gasteiger partial charge is 0.416 e. The number of benzene rings is 3. The molecule has 1 atom stereocenters. The highest BCUT2D eigenvalue weighted by molar-refractivity contribution is 7.99. The van der Waals surface area contributed by atoms with Gasteiger partial charge in [-0.15, -0.1) is 11.8 Å². The first-order valence-electron chi connectivity index (χ1n) is 16.3. The van der Waals surface area contributed by atoms with Crippen molar-refractivity contribution in [2.24, 2.45) is 5.92 Å². The van der Waals surface area contributed by atoms with Gasteiger partial charge in [0, 0.05) is 42.7 Å². The number of carbonyl (C=O) groups excluding carboxylic acids is 2. The summed E-state index contributed by atoms with van der Waals surface area (Å²) >= 11 is 1.60. The minimum atomic E-state index is -4.94. The van der Waals surface area contributed by atoms with Crippen LogP contribution >= 0.6 is 11.8 Å². The second kappa shape index (κ2) is 21.1. The van der Waals surface area contributed by atoms with Crippen LogP contribution in [0.1, 0.15) is 87.8 Å². The molecule has 52 heavy (non-hydrogen) atoms. The molecule has 3 rings (SSSR count). The Balaban J connectivity index is 0.000000473. The molecule has 0 heterocycles. The van der Waals surface area contributed by atoms with Crippen molar-refractivity contribution in [2.45, 2.75) is 89.8 Å². The van der Waals surface area contributed by atoms with Crippen molar-refractivity contribution in [3.05, 3.63) is 82.4 Å². The Morgan fingerprint density at radius 2 is 1.37 bits per heavy atom. The molecule has 0 amide bonds. The first kappa shape index (κ1) is 46.3. The lowest BCUT2D eigenvalue weighted by Crippen LogP contribution is -2.18. The maximum Gasteiger partial charge on any atom is 0.416 e. The van der Waals surface area contributed by atoms with Crippen LogP contribution in [0.25, 0.3) is 11.1 Å². The molecule has 2 N–H and O–H groups in total. The molecule has 0 aromatic heterocycles. The summed E-state index contributed by atoms with van der Waals surface area (Å²) in [5, 5.41) is 0. The number of anilines is 1. The van der Waals surface area contributed by atoms with Crippen LogP contribution < -0.4 is 5.73 Å². The summed E-state index contributed by atoms with van der Waals surface area (Å²) in [6.07, 6.45) is -12.8. The van der Waals surface area contributed by atoms with Crippen molar-refractivity contribution in [1.29, 1.82) is 0 Å². The molecule has 0 aliphatic carbocycles. The first-order valence-corrected chi connectivity index (χ1v) is 17.3. The largest absolute Gasteiger partial charge is 0.457 e. The number of methoxy groups -OCH3 is 1. The summed E-state index contributed by atoms with van der Waals surface area (Å²) < 4.78 is 125. The number of nitrogen functional groups attached to an aromatic ring is 1. The van der Waals surface area contributed by atoms with Crippen LogP contribution in [0.2, 0.25) is 0 Å². The summed E-state index contributed by atoms with van der Waals surface area (Å²) in [4.78, 5) is 22.7. The number of alkyl halides is 9. The highest BCUT2D eigenvalue weighted by Crippen LogP contribution is 2.40. The van der Waals surface area contributed by atoms with Gasteiger partial charge in [-0.3, -0.25) is 4.79 Å². The van der Waals surface area contributed by atoms with Crippen molar-refractivity contribution in [2.75, 3.05) is 25.2 Å². The van der Waals surface area contributed by atoms with Crippen LogP contribution in [-0.2, 0) is 44.0 Å². The minimum absolute atomic E-state index is 0.0334. The highest BCUT2D eigenvalue weighted by Gasteiger charge is 2.38. The monoisotopic (exact) mass is 769 g/mol. The number of thioether (sulfide) groups is 1. The fraction of sp³-hybridized carbons (Fsp3) is 0.459. The van der Waals surface area contributed by atoms with E-state index < -0.39 is 53.2 Å². The van der Waals surface area contributed by atoms with Gasteiger partial charge >= 0.3 is 24.5 Å². The molecule has 0 saturated carbocycles. The number of carbonyl (C=O) groups is 2. The van der Waals surface area contributed by atoms with Gasteiger partial charge in [-0.05, 0) is 96.7 Å². The fourth-order valence-corrected chi connectivity index (χ4v) is 5.41. The molecule has 0 spiro atoms. The van der Waals surface area contributed by atoms with Gasteiger partial charge < -0.3 is 20.0 Å². The van der Waals surface area contributed by atoms with Crippen molar-refractivity contribution in [3.63, 3.8) is 0 Å². The third-order valence-corrected chi connectivity index (χ3v) is 8.32. The molecule has 0 radical (unpaired) electrons. The number of aryl methyl sites for hydroxylation is 1. The Labute approximate surface area is 302 Å². The van der Waals surface area contributed by atoms with Gasteiger partial charge in [0.05, 0.1) is 16.7 Å². The number of aldehydes is 1. The number of esters is 1. The molecular formula is C37H44F9NO4S. The lowest BCUT2D eigenvalue weighted by Gasteiger charge is -2.24. The Hall–Kier alpha value is -3.72. The van der Waals surface area contributed by atoms with Crippen LogP contribution in [0, 0.1) is 5.92 Å². The van der Waals surface area contributed by atoms with Crippen molar-refractivity contribution < 1.29 is 58.6 Å². The molecule has 0 saturated heterocycles. The van der Waals surface area contributed by atoms with E-state index in [1.165, 1.54) is 19.1 Å². The third kappa shape index (κ3) is 15.1. The number of ether oxygens (including phenoxy) is 2. The van der Waals surface area contributed by atoms with E-state index in [1.54, 1.807) is 38.8 Å². The predicted octanol–water partition coefficient (Wildman–Crippen LogP) is 11.6. The molecule has 0 fully saturated rings. The maximum atomic E-state index is 12.9. The van der Waals surface area contributed by atoms with E-state index in [0.717, 1.165) is 47.2 Å². The Bertz CT molecular complexity index is 1540. The van der Waals surface area contributed by atoms with Crippen LogP contribution in [0.5, 0.6) is 0 Å². The van der Waals surface area contributed by atoms with Crippen molar-refractivity contribution >= 4 is 29.7 Å². The summed E-state index contributed by atoms with van der Waals surface area (Å²) in [5.74, 6) is -0.389. The second-order valence-electron chi connectivity index (χ2n) is 11.6. The zero-order chi connectivity index (χ0) is 39.9. The van der Waals surface area contributed by atoms with Crippen LogP contribution in [0.3, 0.4) is 0 Å². The van der Waals surface area contributed by atoms with Crippen LogP contribution in [-0.4, -0.2) is 31.7 Å². The normalized spacial score (nSPS) is 12.3. The average molecular weight is 770 g/mol. The SMILES string of the molecule is CCC(=O)OC(c1cc(C(F)(F)F)cc(C(F)(F)F)c1)C(C)C.CCOC.CCc1cc(C(F)(F)F)ccc1-c1cc(SCCCC=O)ccc1N. The van der Waals surface area contributed by atoms with Gasteiger partial charge in [-0.25, -0.2) is 0 Å². The maximum absolute atomic E-state index is 12.9. The van der Waals surface area contributed by atoms with Gasteiger partial charge in [0.2, 0.25) is 0 Å². The van der Waals surface area contributed by atoms with E-state index in [9.17, 15) is 49.1 Å². The lowest BCUT2D eigenvalue weighted by atomic mass is 9.94. The quantitative estimate of drug-likeness (QED) is 0.0494. The van der Waals surface area contributed by atoms with Gasteiger partial charge in [0.1, 0.15) is 12.4 Å². The molecule has 0 aliphatic rings. The molecule has 5 nitrogen and oxygen atoms in total. The topological polar surface area (TPSA) is 78.6 Å². The van der Waals surface area contributed by atoms with E-state index in [2.05, 4.69) is 4.74 Å². The zero-order valence-corrected chi connectivity index (χ0v) is 30.5. The number of hydrogen-bond acceptors (Lipinski definition) is 6. The van der Waals surface area contributed by atoms with E-state index in [-0.39, 0.29) is 18.1 Å². The number of unbranched alkanes of at least 4 members (excludes halogenated alkanes) is 1. The van der Waals surface area contributed by atoms with Crippen molar-refractivity contribution in [1.82, 2.24) is 0 Å². The van der Waals surface area contributed by atoms with E-state index in [1.807, 2.05) is 26.0 Å².